The summed E-state index contributed by atoms with van der Waals surface area (Å²) < 4.78 is 24.6. The van der Waals surface area contributed by atoms with Crippen LogP contribution >= 0.6 is 0 Å². The molecule has 1 aromatic heterocycles. The first-order valence-corrected chi connectivity index (χ1v) is 9.72. The number of aromatic nitrogens is 2. The third kappa shape index (κ3) is 12.2. The van der Waals surface area contributed by atoms with Gasteiger partial charge in [0.05, 0.1) is 39.6 Å². The summed E-state index contributed by atoms with van der Waals surface area (Å²) in [7, 11) is 1.66. The normalized spacial score (nSPS) is 10.6. The van der Waals surface area contributed by atoms with Crippen LogP contribution in [0, 0.1) is 0 Å². The van der Waals surface area contributed by atoms with Gasteiger partial charge in [0.2, 0.25) is 6.33 Å². The zero-order chi connectivity index (χ0) is 20.5. The molecular weight excluding hydrogens is 364 g/mol. The molecule has 8 heteroatoms. The van der Waals surface area contributed by atoms with Crippen molar-refractivity contribution in [3.63, 3.8) is 0 Å². The lowest BCUT2D eigenvalue weighted by atomic mass is 10.2. The van der Waals surface area contributed by atoms with E-state index in [2.05, 4.69) is 15.7 Å². The lowest BCUT2D eigenvalue weighted by molar-refractivity contribution is -0.696. The van der Waals surface area contributed by atoms with Gasteiger partial charge in [-0.25, -0.2) is 13.9 Å². The molecule has 0 N–H and O–H groups in total. The molecule has 1 heterocycles. The second kappa shape index (κ2) is 15.8. The average Bonchev–Trinajstić information content (AvgIpc) is 3.15. The molecule has 8 nitrogen and oxygen atoms in total. The van der Waals surface area contributed by atoms with Crippen molar-refractivity contribution < 1.29 is 33.1 Å². The largest absolute Gasteiger partial charge is 0.466 e. The molecule has 28 heavy (non-hydrogen) atoms. The molecule has 0 radical (unpaired) electrons. The number of nitrogens with zero attached hydrogens (tertiary/aromatic N) is 2. The van der Waals surface area contributed by atoms with Crippen LogP contribution < -0.4 is 4.57 Å². The van der Waals surface area contributed by atoms with Gasteiger partial charge in [0, 0.05) is 19.6 Å². The van der Waals surface area contributed by atoms with Crippen molar-refractivity contribution >= 4 is 11.9 Å². The van der Waals surface area contributed by atoms with Gasteiger partial charge in [0.15, 0.2) is 0 Å². The molecule has 0 fully saturated rings. The van der Waals surface area contributed by atoms with E-state index >= 15 is 0 Å². The van der Waals surface area contributed by atoms with Crippen LogP contribution in [0.25, 0.3) is 0 Å². The second-order valence-corrected chi connectivity index (χ2v) is 6.25. The van der Waals surface area contributed by atoms with E-state index in [9.17, 15) is 9.59 Å². The third-order valence-corrected chi connectivity index (χ3v) is 3.93. The molecule has 0 saturated carbocycles. The van der Waals surface area contributed by atoms with E-state index in [0.29, 0.717) is 52.3 Å². The molecule has 0 saturated heterocycles. The van der Waals surface area contributed by atoms with Gasteiger partial charge in [-0.05, 0) is 25.7 Å². The van der Waals surface area contributed by atoms with Crippen molar-refractivity contribution in [1.82, 2.24) is 4.57 Å². The quantitative estimate of drug-likeness (QED) is 0.172. The second-order valence-electron chi connectivity index (χ2n) is 6.25. The maximum Gasteiger partial charge on any atom is 0.330 e. The molecule has 0 amide bonds. The number of carbonyl (C=O) groups excluding carboxylic acids is 2. The summed E-state index contributed by atoms with van der Waals surface area (Å²) in [5.41, 5.74) is 0. The lowest BCUT2D eigenvalue weighted by Gasteiger charge is -2.05. The van der Waals surface area contributed by atoms with Crippen molar-refractivity contribution in [3.05, 3.63) is 31.4 Å². The summed E-state index contributed by atoms with van der Waals surface area (Å²) in [5.74, 6) is -0.612. The van der Waals surface area contributed by atoms with E-state index in [4.69, 9.17) is 18.9 Å². The third-order valence-electron chi connectivity index (χ3n) is 3.93. The van der Waals surface area contributed by atoms with Crippen molar-refractivity contribution in [3.8, 4) is 0 Å². The number of carbonyl (C=O) groups is 2. The van der Waals surface area contributed by atoms with Crippen LogP contribution in [0.15, 0.2) is 31.4 Å². The number of rotatable bonds is 17. The molecule has 0 spiro atoms. The van der Waals surface area contributed by atoms with Gasteiger partial charge < -0.3 is 18.9 Å². The van der Waals surface area contributed by atoms with E-state index in [1.54, 1.807) is 7.11 Å². The summed E-state index contributed by atoms with van der Waals surface area (Å²) in [6.07, 6.45) is 10.7. The van der Waals surface area contributed by atoms with Crippen molar-refractivity contribution in [1.29, 1.82) is 0 Å². The van der Waals surface area contributed by atoms with Crippen LogP contribution in [0.3, 0.4) is 0 Å². The van der Waals surface area contributed by atoms with Crippen LogP contribution in [0.4, 0.5) is 0 Å². The van der Waals surface area contributed by atoms with Gasteiger partial charge in [0.1, 0.15) is 18.9 Å². The first-order chi connectivity index (χ1) is 13.7. The molecule has 1 rings (SSSR count). The summed E-state index contributed by atoms with van der Waals surface area (Å²) >= 11 is 0. The molecule has 0 aliphatic rings. The van der Waals surface area contributed by atoms with Gasteiger partial charge in [-0.15, -0.1) is 0 Å². The molecule has 0 atom stereocenters. The zero-order valence-corrected chi connectivity index (χ0v) is 16.8. The highest BCUT2D eigenvalue weighted by molar-refractivity contribution is 5.81. The monoisotopic (exact) mass is 397 g/mol. The number of imidazole rings is 1. The molecule has 1 aromatic rings. The molecular formula is C20H33N2O6+. The van der Waals surface area contributed by atoms with Crippen molar-refractivity contribution in [2.75, 3.05) is 40.1 Å². The number of esters is 2. The minimum atomic E-state index is -0.430. The minimum Gasteiger partial charge on any atom is -0.466 e. The van der Waals surface area contributed by atoms with E-state index in [-0.39, 0.29) is 5.97 Å². The summed E-state index contributed by atoms with van der Waals surface area (Å²) in [4.78, 5) is 22.5. The Kier molecular flexibility index (Phi) is 13.5. The highest BCUT2D eigenvalue weighted by Gasteiger charge is 2.06. The number of ether oxygens (including phenoxy) is 4. The number of methoxy groups -OCH3 is 1. The minimum absolute atomic E-state index is 0.182. The van der Waals surface area contributed by atoms with Gasteiger partial charge in [-0.3, -0.25) is 4.79 Å². The van der Waals surface area contributed by atoms with Gasteiger partial charge >= 0.3 is 11.9 Å². The van der Waals surface area contributed by atoms with Crippen LogP contribution in [0.2, 0.25) is 0 Å². The molecule has 158 valence electrons. The summed E-state index contributed by atoms with van der Waals surface area (Å²) in [6, 6.07) is 0. The fraction of sp³-hybridized carbons (Fsp3) is 0.650. The SMILES string of the molecule is C=CC(=O)OCCCCOC(=O)CCCC[n+]1ccn(CCOCCOC)c1. The molecule has 0 aromatic carbocycles. The predicted octanol–water partition coefficient (Wildman–Crippen LogP) is 1.66. The zero-order valence-electron chi connectivity index (χ0n) is 16.8. The van der Waals surface area contributed by atoms with Gasteiger partial charge in [0.25, 0.3) is 0 Å². The maximum atomic E-state index is 11.7. The number of hydrogen-bond donors (Lipinski definition) is 0. The summed E-state index contributed by atoms with van der Waals surface area (Å²) in [6.45, 7) is 7.53. The van der Waals surface area contributed by atoms with E-state index in [1.807, 2.05) is 18.7 Å². The molecule has 0 bridgehead atoms. The van der Waals surface area contributed by atoms with Crippen molar-refractivity contribution in [2.24, 2.45) is 0 Å². The van der Waals surface area contributed by atoms with Gasteiger partial charge in [-0.2, -0.15) is 0 Å². The Morgan fingerprint density at radius 1 is 1.04 bits per heavy atom. The Morgan fingerprint density at radius 2 is 1.82 bits per heavy atom. The Bertz CT molecular complexity index is 573. The fourth-order valence-corrected chi connectivity index (χ4v) is 2.38. The number of aryl methyl sites for hydroxylation is 1. The maximum absolute atomic E-state index is 11.7. The molecule has 0 aliphatic carbocycles. The predicted molar refractivity (Wildman–Crippen MR) is 103 cm³/mol. The molecule has 0 aliphatic heterocycles. The summed E-state index contributed by atoms with van der Waals surface area (Å²) in [5, 5.41) is 0. The van der Waals surface area contributed by atoms with Crippen molar-refractivity contribution in [2.45, 2.75) is 45.2 Å². The van der Waals surface area contributed by atoms with Gasteiger partial charge in [-0.1, -0.05) is 6.58 Å². The van der Waals surface area contributed by atoms with E-state index in [0.717, 1.165) is 32.0 Å². The standard InChI is InChI=1S/C20H33N2O6/c1-3-19(23)27-13-6-7-14-28-20(24)8-4-5-9-21-10-11-22(18-21)12-15-26-17-16-25-2/h3,10-11,18H,1,4-9,12-17H2,2H3/q+1. The Labute approximate surface area is 167 Å². The first-order valence-electron chi connectivity index (χ1n) is 9.72. The smallest absolute Gasteiger partial charge is 0.330 e. The molecule has 0 unspecified atom stereocenters. The first kappa shape index (κ1) is 23.8. The highest BCUT2D eigenvalue weighted by atomic mass is 16.5. The van der Waals surface area contributed by atoms with Crippen LogP contribution in [-0.4, -0.2) is 56.6 Å². The van der Waals surface area contributed by atoms with Crippen LogP contribution in [-0.2, 0) is 41.6 Å². The van der Waals surface area contributed by atoms with Crippen LogP contribution in [0.5, 0.6) is 0 Å². The number of unbranched alkanes of at least 4 members (excludes halogenated alkanes) is 2. The Balaban J connectivity index is 1.99. The Hall–Kier alpha value is -2.19. The fourth-order valence-electron chi connectivity index (χ4n) is 2.38. The van der Waals surface area contributed by atoms with E-state index < -0.39 is 5.97 Å². The number of hydrogen-bond acceptors (Lipinski definition) is 6. The van der Waals surface area contributed by atoms with Crippen LogP contribution in [0.1, 0.15) is 32.1 Å². The average molecular weight is 397 g/mol. The lowest BCUT2D eigenvalue weighted by Crippen LogP contribution is -2.31. The topological polar surface area (TPSA) is 79.9 Å². The Morgan fingerprint density at radius 3 is 2.57 bits per heavy atom. The highest BCUT2D eigenvalue weighted by Crippen LogP contribution is 2.00. The van der Waals surface area contributed by atoms with E-state index in [1.165, 1.54) is 0 Å².